The smallest absolute Gasteiger partial charge is 0.363 e. The summed E-state index contributed by atoms with van der Waals surface area (Å²) in [4.78, 5) is 16.5. The van der Waals surface area contributed by atoms with E-state index in [1.54, 1.807) is 25.3 Å². The standard InChI is InChI=1S/C25H29NO4/c1-3-4-5-6-7-8-17-29-22-13-9-19(10-14-22)18-23-25(27)30-24(26-23)20-11-15-21(28-2)16-12-20/h9-16,18H,3-8,17H2,1-2H3. The minimum absolute atomic E-state index is 0.279. The van der Waals surface area contributed by atoms with Crippen LogP contribution in [0.3, 0.4) is 0 Å². The van der Waals surface area contributed by atoms with Crippen LogP contribution >= 0.6 is 0 Å². The molecule has 5 nitrogen and oxygen atoms in total. The molecule has 1 aliphatic rings. The summed E-state index contributed by atoms with van der Waals surface area (Å²) in [5.41, 5.74) is 1.88. The van der Waals surface area contributed by atoms with Crippen molar-refractivity contribution >= 4 is 17.9 Å². The molecule has 0 unspecified atom stereocenters. The molecule has 30 heavy (non-hydrogen) atoms. The van der Waals surface area contributed by atoms with E-state index >= 15 is 0 Å². The number of methoxy groups -OCH3 is 1. The molecule has 0 spiro atoms. The number of nitrogens with zero attached hydrogens (tertiary/aromatic N) is 1. The van der Waals surface area contributed by atoms with Crippen molar-refractivity contribution in [1.29, 1.82) is 0 Å². The number of carbonyl (C=O) groups excluding carboxylic acids is 1. The molecule has 0 atom stereocenters. The van der Waals surface area contributed by atoms with Gasteiger partial charge >= 0.3 is 5.97 Å². The van der Waals surface area contributed by atoms with Crippen LogP contribution in [0.1, 0.15) is 56.6 Å². The molecule has 1 heterocycles. The van der Waals surface area contributed by atoms with Crippen LogP contribution in [-0.2, 0) is 9.53 Å². The second kappa shape index (κ2) is 11.2. The Labute approximate surface area is 178 Å². The molecule has 1 aliphatic heterocycles. The number of rotatable bonds is 11. The fourth-order valence-corrected chi connectivity index (χ4v) is 3.16. The van der Waals surface area contributed by atoms with Gasteiger partial charge in [0, 0.05) is 5.56 Å². The molecule has 158 valence electrons. The van der Waals surface area contributed by atoms with E-state index < -0.39 is 5.97 Å². The van der Waals surface area contributed by atoms with Crippen LogP contribution in [0.15, 0.2) is 59.2 Å². The first-order valence-corrected chi connectivity index (χ1v) is 10.6. The van der Waals surface area contributed by atoms with Crippen molar-refractivity contribution in [2.75, 3.05) is 13.7 Å². The summed E-state index contributed by atoms with van der Waals surface area (Å²) in [5.74, 6) is 1.41. The van der Waals surface area contributed by atoms with Crippen LogP contribution in [0.25, 0.3) is 6.08 Å². The Balaban J connectivity index is 1.54. The van der Waals surface area contributed by atoms with E-state index in [0.717, 1.165) is 35.7 Å². The van der Waals surface area contributed by atoms with Crippen molar-refractivity contribution < 1.29 is 19.0 Å². The fraction of sp³-hybridized carbons (Fsp3) is 0.360. The van der Waals surface area contributed by atoms with E-state index in [2.05, 4.69) is 11.9 Å². The van der Waals surface area contributed by atoms with Crippen molar-refractivity contribution in [2.24, 2.45) is 4.99 Å². The number of aliphatic imine (C=N–C) groups is 1. The van der Waals surface area contributed by atoms with Crippen LogP contribution in [-0.4, -0.2) is 25.6 Å². The van der Waals surface area contributed by atoms with Crippen LogP contribution < -0.4 is 9.47 Å². The predicted molar refractivity (Wildman–Crippen MR) is 119 cm³/mol. The highest BCUT2D eigenvalue weighted by atomic mass is 16.6. The van der Waals surface area contributed by atoms with Crippen molar-refractivity contribution in [1.82, 2.24) is 0 Å². The SMILES string of the molecule is CCCCCCCCOc1ccc(C=C2N=C(c3ccc(OC)cc3)OC2=O)cc1. The number of cyclic esters (lactones) is 1. The molecule has 5 heteroatoms. The van der Waals surface area contributed by atoms with Crippen LogP contribution in [0, 0.1) is 0 Å². The molecular weight excluding hydrogens is 378 g/mol. The predicted octanol–water partition coefficient (Wildman–Crippen LogP) is 5.78. The van der Waals surface area contributed by atoms with Gasteiger partial charge in [0.25, 0.3) is 0 Å². The Morgan fingerprint density at radius 3 is 2.27 bits per heavy atom. The number of hydrogen-bond donors (Lipinski definition) is 0. The first-order valence-electron chi connectivity index (χ1n) is 10.6. The maximum Gasteiger partial charge on any atom is 0.363 e. The van der Waals surface area contributed by atoms with Crippen LogP contribution in [0.5, 0.6) is 11.5 Å². The third-order valence-corrected chi connectivity index (χ3v) is 4.91. The summed E-state index contributed by atoms with van der Waals surface area (Å²) in [6, 6.07) is 14.9. The molecule has 0 radical (unpaired) electrons. The summed E-state index contributed by atoms with van der Waals surface area (Å²) in [6.45, 7) is 2.96. The quantitative estimate of drug-likeness (QED) is 0.269. The lowest BCUT2D eigenvalue weighted by atomic mass is 10.1. The van der Waals surface area contributed by atoms with Gasteiger partial charge in [0.1, 0.15) is 11.5 Å². The Hall–Kier alpha value is -3.08. The molecule has 0 aliphatic carbocycles. The highest BCUT2D eigenvalue weighted by Crippen LogP contribution is 2.22. The molecule has 0 bridgehead atoms. The highest BCUT2D eigenvalue weighted by molar-refractivity contribution is 6.12. The lowest BCUT2D eigenvalue weighted by Gasteiger charge is -2.06. The highest BCUT2D eigenvalue weighted by Gasteiger charge is 2.24. The van der Waals surface area contributed by atoms with E-state index in [1.807, 2.05) is 36.4 Å². The number of esters is 1. The molecule has 0 saturated carbocycles. The minimum atomic E-state index is -0.454. The van der Waals surface area contributed by atoms with E-state index in [4.69, 9.17) is 14.2 Å². The van der Waals surface area contributed by atoms with Gasteiger partial charge in [-0.05, 0) is 54.5 Å². The number of carbonyl (C=O) groups is 1. The molecule has 0 saturated heterocycles. The average Bonchev–Trinajstić information content (AvgIpc) is 3.14. The Bertz CT molecular complexity index is 882. The zero-order chi connectivity index (χ0) is 21.2. The van der Waals surface area contributed by atoms with Gasteiger partial charge in [0.05, 0.1) is 13.7 Å². The Morgan fingerprint density at radius 1 is 0.900 bits per heavy atom. The first kappa shape index (κ1) is 21.6. The molecule has 0 fully saturated rings. The van der Waals surface area contributed by atoms with Gasteiger partial charge in [-0.15, -0.1) is 0 Å². The summed E-state index contributed by atoms with van der Waals surface area (Å²) < 4.78 is 16.3. The van der Waals surface area contributed by atoms with Gasteiger partial charge < -0.3 is 14.2 Å². The van der Waals surface area contributed by atoms with Gasteiger partial charge in [-0.1, -0.05) is 51.2 Å². The third-order valence-electron chi connectivity index (χ3n) is 4.91. The van der Waals surface area contributed by atoms with Gasteiger partial charge in [-0.2, -0.15) is 0 Å². The van der Waals surface area contributed by atoms with E-state index in [-0.39, 0.29) is 5.70 Å². The molecule has 2 aromatic rings. The maximum atomic E-state index is 12.2. The molecular formula is C25H29NO4. The normalized spacial score (nSPS) is 14.5. The molecule has 0 N–H and O–H groups in total. The van der Waals surface area contributed by atoms with E-state index in [9.17, 15) is 4.79 Å². The number of unbranched alkanes of at least 4 members (excludes halogenated alkanes) is 5. The number of benzene rings is 2. The van der Waals surface area contributed by atoms with Gasteiger partial charge in [-0.25, -0.2) is 9.79 Å². The van der Waals surface area contributed by atoms with Gasteiger partial charge in [0.15, 0.2) is 5.70 Å². The Morgan fingerprint density at radius 2 is 1.57 bits per heavy atom. The summed E-state index contributed by atoms with van der Waals surface area (Å²) in [7, 11) is 1.61. The number of ether oxygens (including phenoxy) is 3. The molecule has 0 amide bonds. The third kappa shape index (κ3) is 6.21. The molecule has 2 aromatic carbocycles. The van der Waals surface area contributed by atoms with Crippen molar-refractivity contribution in [2.45, 2.75) is 45.4 Å². The largest absolute Gasteiger partial charge is 0.497 e. The van der Waals surface area contributed by atoms with E-state index in [0.29, 0.717) is 5.90 Å². The lowest BCUT2D eigenvalue weighted by Crippen LogP contribution is -2.05. The second-order valence-electron chi connectivity index (χ2n) is 7.25. The second-order valence-corrected chi connectivity index (χ2v) is 7.25. The Kier molecular flexibility index (Phi) is 8.07. The summed E-state index contributed by atoms with van der Waals surface area (Å²) >= 11 is 0. The minimum Gasteiger partial charge on any atom is -0.497 e. The average molecular weight is 408 g/mol. The summed E-state index contributed by atoms with van der Waals surface area (Å²) in [5, 5.41) is 0. The van der Waals surface area contributed by atoms with E-state index in [1.165, 1.54) is 32.1 Å². The van der Waals surface area contributed by atoms with Gasteiger partial charge in [-0.3, -0.25) is 0 Å². The number of hydrogen-bond acceptors (Lipinski definition) is 5. The molecule has 0 aromatic heterocycles. The zero-order valence-electron chi connectivity index (χ0n) is 17.7. The van der Waals surface area contributed by atoms with Gasteiger partial charge in [0.2, 0.25) is 5.90 Å². The topological polar surface area (TPSA) is 57.1 Å². The molecule has 3 rings (SSSR count). The van der Waals surface area contributed by atoms with Crippen LogP contribution in [0.2, 0.25) is 0 Å². The van der Waals surface area contributed by atoms with Crippen molar-refractivity contribution in [3.63, 3.8) is 0 Å². The van der Waals surface area contributed by atoms with Crippen molar-refractivity contribution in [3.05, 3.63) is 65.4 Å². The monoisotopic (exact) mass is 407 g/mol. The fourth-order valence-electron chi connectivity index (χ4n) is 3.16. The summed E-state index contributed by atoms with van der Waals surface area (Å²) in [6.07, 6.45) is 9.17. The maximum absolute atomic E-state index is 12.2. The first-order chi connectivity index (χ1) is 14.7. The lowest BCUT2D eigenvalue weighted by molar-refractivity contribution is -0.129. The van der Waals surface area contributed by atoms with Crippen LogP contribution in [0.4, 0.5) is 0 Å². The van der Waals surface area contributed by atoms with Crippen molar-refractivity contribution in [3.8, 4) is 11.5 Å². The zero-order valence-corrected chi connectivity index (χ0v) is 17.7.